The van der Waals surface area contributed by atoms with Gasteiger partial charge in [0.05, 0.1) is 11.3 Å². The lowest BCUT2D eigenvalue weighted by atomic mass is 9.92. The molecule has 1 spiro atoms. The third-order valence-corrected chi connectivity index (χ3v) is 3.63. The van der Waals surface area contributed by atoms with Crippen molar-refractivity contribution in [2.75, 3.05) is 0 Å². The number of rotatable bonds is 1. The fourth-order valence-corrected chi connectivity index (χ4v) is 2.74. The zero-order valence-corrected chi connectivity index (χ0v) is 9.45. The molecule has 2 aliphatic rings. The lowest BCUT2D eigenvalue weighted by Crippen LogP contribution is -2.24. The van der Waals surface area contributed by atoms with Gasteiger partial charge in [-0.2, -0.15) is 0 Å². The summed E-state index contributed by atoms with van der Waals surface area (Å²) in [4.78, 5) is 5.49. The molecule has 1 fully saturated rings. The summed E-state index contributed by atoms with van der Waals surface area (Å²) in [5, 5.41) is 13.7. The van der Waals surface area contributed by atoms with Crippen LogP contribution in [-0.2, 0) is 4.84 Å². The van der Waals surface area contributed by atoms with Crippen LogP contribution >= 0.6 is 0 Å². The standard InChI is InChI=1S/C13H14FNO2/c14-9-4-3-5-11(16)12(9)10-8-13(17-15-10)6-1-2-7-13/h3-5,16H,1-2,6-8H2. The van der Waals surface area contributed by atoms with Crippen LogP contribution in [-0.4, -0.2) is 16.4 Å². The third-order valence-electron chi connectivity index (χ3n) is 3.63. The molecule has 1 N–H and O–H groups in total. The number of nitrogens with zero attached hydrogens (tertiary/aromatic N) is 1. The number of hydrogen-bond donors (Lipinski definition) is 1. The van der Waals surface area contributed by atoms with Gasteiger partial charge in [-0.25, -0.2) is 4.39 Å². The molecule has 4 heteroatoms. The summed E-state index contributed by atoms with van der Waals surface area (Å²) in [7, 11) is 0. The van der Waals surface area contributed by atoms with Crippen molar-refractivity contribution in [3.8, 4) is 5.75 Å². The smallest absolute Gasteiger partial charge is 0.143 e. The highest BCUT2D eigenvalue weighted by atomic mass is 19.1. The Morgan fingerprint density at radius 1 is 1.29 bits per heavy atom. The first-order valence-electron chi connectivity index (χ1n) is 5.93. The second-order valence-electron chi connectivity index (χ2n) is 4.83. The summed E-state index contributed by atoms with van der Waals surface area (Å²) in [5.41, 5.74) is 0.489. The molecular formula is C13H14FNO2. The van der Waals surface area contributed by atoms with Crippen molar-refractivity contribution in [1.29, 1.82) is 0 Å². The Kier molecular flexibility index (Phi) is 2.31. The van der Waals surface area contributed by atoms with Crippen molar-refractivity contribution in [3.05, 3.63) is 29.6 Å². The lowest BCUT2D eigenvalue weighted by molar-refractivity contribution is -0.0126. The summed E-state index contributed by atoms with van der Waals surface area (Å²) < 4.78 is 13.7. The number of aromatic hydroxyl groups is 1. The molecule has 0 atom stereocenters. The topological polar surface area (TPSA) is 41.8 Å². The average Bonchev–Trinajstić information content (AvgIpc) is 2.90. The van der Waals surface area contributed by atoms with Crippen LogP contribution < -0.4 is 0 Å². The Morgan fingerprint density at radius 3 is 2.76 bits per heavy atom. The van der Waals surface area contributed by atoms with E-state index in [-0.39, 0.29) is 16.9 Å². The van der Waals surface area contributed by atoms with Gasteiger partial charge < -0.3 is 9.94 Å². The Labute approximate surface area is 98.9 Å². The predicted molar refractivity (Wildman–Crippen MR) is 61.5 cm³/mol. The van der Waals surface area contributed by atoms with Crippen LogP contribution in [0.5, 0.6) is 5.75 Å². The average molecular weight is 235 g/mol. The molecular weight excluding hydrogens is 221 g/mol. The van der Waals surface area contributed by atoms with E-state index in [2.05, 4.69) is 5.16 Å². The Bertz CT molecular complexity index is 458. The molecule has 0 bridgehead atoms. The normalized spacial score (nSPS) is 21.6. The zero-order valence-electron chi connectivity index (χ0n) is 9.45. The maximum atomic E-state index is 13.7. The fourth-order valence-electron chi connectivity index (χ4n) is 2.74. The molecule has 17 heavy (non-hydrogen) atoms. The summed E-state index contributed by atoms with van der Waals surface area (Å²) in [5.74, 6) is -0.509. The quantitative estimate of drug-likeness (QED) is 0.813. The van der Waals surface area contributed by atoms with Crippen LogP contribution in [0.2, 0.25) is 0 Å². The molecule has 1 saturated carbocycles. The fraction of sp³-hybridized carbons (Fsp3) is 0.462. The highest BCUT2D eigenvalue weighted by Crippen LogP contribution is 2.42. The Hall–Kier alpha value is -1.58. The molecule has 0 unspecified atom stereocenters. The first-order valence-corrected chi connectivity index (χ1v) is 5.93. The number of oxime groups is 1. The summed E-state index contributed by atoms with van der Waals surface area (Å²) in [6.07, 6.45) is 4.80. The van der Waals surface area contributed by atoms with Gasteiger partial charge in [0.25, 0.3) is 0 Å². The molecule has 1 aromatic rings. The van der Waals surface area contributed by atoms with Gasteiger partial charge in [-0.1, -0.05) is 11.2 Å². The molecule has 1 aliphatic heterocycles. The molecule has 0 aromatic heterocycles. The van der Waals surface area contributed by atoms with E-state index in [9.17, 15) is 9.50 Å². The summed E-state index contributed by atoms with van der Waals surface area (Å²) in [6.45, 7) is 0. The van der Waals surface area contributed by atoms with E-state index in [1.54, 1.807) is 0 Å². The van der Waals surface area contributed by atoms with E-state index >= 15 is 0 Å². The predicted octanol–water partition coefficient (Wildman–Crippen LogP) is 2.97. The zero-order chi connectivity index (χ0) is 11.9. The van der Waals surface area contributed by atoms with Gasteiger partial charge in [0, 0.05) is 6.42 Å². The van der Waals surface area contributed by atoms with Crippen molar-refractivity contribution >= 4 is 5.71 Å². The molecule has 0 saturated heterocycles. The lowest BCUT2D eigenvalue weighted by Gasteiger charge is -2.19. The third kappa shape index (κ3) is 1.68. The van der Waals surface area contributed by atoms with E-state index in [0.717, 1.165) is 25.7 Å². The maximum absolute atomic E-state index is 13.7. The van der Waals surface area contributed by atoms with Gasteiger partial charge in [0.15, 0.2) is 0 Å². The van der Waals surface area contributed by atoms with Crippen molar-refractivity contribution in [2.45, 2.75) is 37.7 Å². The first kappa shape index (κ1) is 10.6. The van der Waals surface area contributed by atoms with Gasteiger partial charge in [-0.05, 0) is 37.8 Å². The van der Waals surface area contributed by atoms with E-state index in [1.165, 1.54) is 18.2 Å². The van der Waals surface area contributed by atoms with Crippen molar-refractivity contribution in [3.63, 3.8) is 0 Å². The monoisotopic (exact) mass is 235 g/mol. The Morgan fingerprint density at radius 2 is 2.06 bits per heavy atom. The number of hydrogen-bond acceptors (Lipinski definition) is 3. The molecule has 1 aromatic carbocycles. The van der Waals surface area contributed by atoms with E-state index in [0.29, 0.717) is 12.1 Å². The second kappa shape index (κ2) is 3.72. The van der Waals surface area contributed by atoms with E-state index in [4.69, 9.17) is 4.84 Å². The van der Waals surface area contributed by atoms with Crippen molar-refractivity contribution in [1.82, 2.24) is 0 Å². The van der Waals surface area contributed by atoms with E-state index in [1.807, 2.05) is 0 Å². The van der Waals surface area contributed by atoms with Crippen LogP contribution in [0.4, 0.5) is 4.39 Å². The SMILES string of the molecule is Oc1cccc(F)c1C1=NOC2(CCCC2)C1. The molecule has 0 amide bonds. The molecule has 1 heterocycles. The van der Waals surface area contributed by atoms with Gasteiger partial charge in [0.1, 0.15) is 17.2 Å². The number of phenols is 1. The molecule has 3 nitrogen and oxygen atoms in total. The summed E-state index contributed by atoms with van der Waals surface area (Å²) in [6, 6.07) is 4.29. The maximum Gasteiger partial charge on any atom is 0.143 e. The second-order valence-corrected chi connectivity index (χ2v) is 4.83. The van der Waals surface area contributed by atoms with Crippen LogP contribution in [0.15, 0.2) is 23.4 Å². The van der Waals surface area contributed by atoms with Crippen molar-refractivity contribution in [2.24, 2.45) is 5.16 Å². The minimum Gasteiger partial charge on any atom is -0.507 e. The highest BCUT2D eigenvalue weighted by Gasteiger charge is 2.42. The minimum atomic E-state index is -0.442. The van der Waals surface area contributed by atoms with Gasteiger partial charge in [-0.15, -0.1) is 0 Å². The number of halogens is 1. The number of benzene rings is 1. The highest BCUT2D eigenvalue weighted by molar-refractivity contribution is 6.04. The van der Waals surface area contributed by atoms with Gasteiger partial charge in [0.2, 0.25) is 0 Å². The van der Waals surface area contributed by atoms with Crippen LogP contribution in [0.1, 0.15) is 37.7 Å². The van der Waals surface area contributed by atoms with Crippen molar-refractivity contribution < 1.29 is 14.3 Å². The Balaban J connectivity index is 1.91. The van der Waals surface area contributed by atoms with Gasteiger partial charge >= 0.3 is 0 Å². The number of phenolic OH excluding ortho intramolecular Hbond substituents is 1. The van der Waals surface area contributed by atoms with E-state index < -0.39 is 5.82 Å². The molecule has 90 valence electrons. The van der Waals surface area contributed by atoms with Crippen LogP contribution in [0.25, 0.3) is 0 Å². The van der Waals surface area contributed by atoms with Gasteiger partial charge in [-0.3, -0.25) is 0 Å². The molecule has 0 radical (unpaired) electrons. The summed E-state index contributed by atoms with van der Waals surface area (Å²) >= 11 is 0. The minimum absolute atomic E-state index is 0.0672. The van der Waals surface area contributed by atoms with Crippen LogP contribution in [0.3, 0.4) is 0 Å². The largest absolute Gasteiger partial charge is 0.507 e. The molecule has 1 aliphatic carbocycles. The molecule has 3 rings (SSSR count). The van der Waals surface area contributed by atoms with Crippen LogP contribution in [0, 0.1) is 5.82 Å². The first-order chi connectivity index (χ1) is 8.20.